The molecule has 0 unspecified atom stereocenters. The number of hydrogen-bond donors (Lipinski definition) is 4. The molecule has 1 amide bonds. The van der Waals surface area contributed by atoms with Crippen LogP contribution in [-0.4, -0.2) is 26.1 Å². The van der Waals surface area contributed by atoms with Gasteiger partial charge in [0.05, 0.1) is 0 Å². The van der Waals surface area contributed by atoms with Crippen LogP contribution in [0.3, 0.4) is 0 Å². The zero-order valence-electron chi connectivity index (χ0n) is 15.7. The van der Waals surface area contributed by atoms with E-state index in [4.69, 9.17) is 0 Å². The highest BCUT2D eigenvalue weighted by Gasteiger charge is 2.19. The summed E-state index contributed by atoms with van der Waals surface area (Å²) in [5, 5.41) is 16.6. The minimum absolute atomic E-state index is 0.0997. The van der Waals surface area contributed by atoms with Gasteiger partial charge in [-0.2, -0.15) is 10.1 Å². The van der Waals surface area contributed by atoms with Gasteiger partial charge in [-0.1, -0.05) is 12.8 Å². The average molecular weight is 377 g/mol. The Morgan fingerprint density at radius 2 is 1.79 bits per heavy atom. The molecular weight excluding hydrogens is 354 g/mol. The first-order valence-electron chi connectivity index (χ1n) is 9.46. The Balaban J connectivity index is 1.41. The maximum absolute atomic E-state index is 11.1. The van der Waals surface area contributed by atoms with E-state index < -0.39 is 0 Å². The SMILES string of the molecule is CC(=O)Nc1ccc(Nc2nccc(Nc3cc(C4CCCC4)[nH]n3)n2)cc1. The lowest BCUT2D eigenvalue weighted by atomic mass is 10.0. The second-order valence-electron chi connectivity index (χ2n) is 6.96. The van der Waals surface area contributed by atoms with Crippen LogP contribution < -0.4 is 16.0 Å². The number of rotatable bonds is 6. The third kappa shape index (κ3) is 4.46. The first kappa shape index (κ1) is 18.0. The molecule has 0 radical (unpaired) electrons. The molecule has 3 aromatic rings. The highest BCUT2D eigenvalue weighted by atomic mass is 16.1. The summed E-state index contributed by atoms with van der Waals surface area (Å²) in [4.78, 5) is 19.8. The third-order valence-electron chi connectivity index (χ3n) is 4.77. The number of hydrogen-bond acceptors (Lipinski definition) is 6. The van der Waals surface area contributed by atoms with Crippen molar-refractivity contribution in [1.82, 2.24) is 20.2 Å². The number of aromatic nitrogens is 4. The van der Waals surface area contributed by atoms with Crippen molar-refractivity contribution < 1.29 is 4.79 Å². The van der Waals surface area contributed by atoms with E-state index in [2.05, 4.69) is 42.2 Å². The average Bonchev–Trinajstić information content (AvgIpc) is 3.35. The smallest absolute Gasteiger partial charge is 0.229 e. The number of anilines is 5. The van der Waals surface area contributed by atoms with Crippen LogP contribution >= 0.6 is 0 Å². The summed E-state index contributed by atoms with van der Waals surface area (Å²) in [5.74, 6) is 2.38. The van der Waals surface area contributed by atoms with Gasteiger partial charge in [0.1, 0.15) is 5.82 Å². The number of carbonyl (C=O) groups is 1. The fraction of sp³-hybridized carbons (Fsp3) is 0.300. The second kappa shape index (κ2) is 8.08. The fourth-order valence-corrected chi connectivity index (χ4v) is 3.44. The Morgan fingerprint density at radius 1 is 1.04 bits per heavy atom. The van der Waals surface area contributed by atoms with E-state index in [1.807, 2.05) is 24.3 Å². The largest absolute Gasteiger partial charge is 0.326 e. The van der Waals surface area contributed by atoms with Gasteiger partial charge < -0.3 is 16.0 Å². The van der Waals surface area contributed by atoms with Gasteiger partial charge >= 0.3 is 0 Å². The normalized spacial score (nSPS) is 14.0. The van der Waals surface area contributed by atoms with Crippen LogP contribution in [-0.2, 0) is 4.79 Å². The minimum Gasteiger partial charge on any atom is -0.326 e. The van der Waals surface area contributed by atoms with Crippen LogP contribution in [0.25, 0.3) is 0 Å². The Hall–Kier alpha value is -3.42. The molecule has 1 aliphatic rings. The van der Waals surface area contributed by atoms with Crippen LogP contribution in [0.5, 0.6) is 0 Å². The molecule has 1 aliphatic carbocycles. The van der Waals surface area contributed by atoms with E-state index in [9.17, 15) is 4.79 Å². The number of benzene rings is 1. The highest BCUT2D eigenvalue weighted by Crippen LogP contribution is 2.34. The standard InChI is InChI=1S/C20H23N7O/c1-13(28)22-15-6-8-16(9-7-15)23-20-21-11-10-18(25-20)24-19-12-17(26-27-19)14-4-2-3-5-14/h6-12,14H,2-5H2,1H3,(H,22,28)(H3,21,23,24,25,26,27). The molecule has 2 heterocycles. The predicted octanol–water partition coefficient (Wildman–Crippen LogP) is 4.30. The third-order valence-corrected chi connectivity index (χ3v) is 4.77. The van der Waals surface area contributed by atoms with E-state index in [1.54, 1.807) is 12.3 Å². The van der Waals surface area contributed by atoms with Gasteiger partial charge in [-0.15, -0.1) is 0 Å². The highest BCUT2D eigenvalue weighted by molar-refractivity contribution is 5.88. The van der Waals surface area contributed by atoms with Gasteiger partial charge in [-0.25, -0.2) is 4.98 Å². The van der Waals surface area contributed by atoms with Crippen LogP contribution in [0.1, 0.15) is 44.2 Å². The molecule has 0 saturated heterocycles. The Labute approximate surface area is 163 Å². The van der Waals surface area contributed by atoms with Gasteiger partial charge in [0.15, 0.2) is 5.82 Å². The molecule has 144 valence electrons. The predicted molar refractivity (Wildman–Crippen MR) is 109 cm³/mol. The maximum Gasteiger partial charge on any atom is 0.229 e. The van der Waals surface area contributed by atoms with Crippen LogP contribution in [0.4, 0.5) is 29.0 Å². The zero-order valence-corrected chi connectivity index (χ0v) is 15.7. The lowest BCUT2D eigenvalue weighted by molar-refractivity contribution is -0.114. The van der Waals surface area contributed by atoms with Crippen molar-refractivity contribution >= 4 is 34.9 Å². The van der Waals surface area contributed by atoms with Crippen LogP contribution in [0.15, 0.2) is 42.6 Å². The Morgan fingerprint density at radius 3 is 2.54 bits per heavy atom. The van der Waals surface area contributed by atoms with Gasteiger partial charge in [0, 0.05) is 42.2 Å². The number of aromatic amines is 1. The van der Waals surface area contributed by atoms with E-state index in [-0.39, 0.29) is 5.91 Å². The van der Waals surface area contributed by atoms with Gasteiger partial charge in [0.25, 0.3) is 0 Å². The van der Waals surface area contributed by atoms with E-state index in [0.717, 1.165) is 17.2 Å². The molecule has 1 saturated carbocycles. The van der Waals surface area contributed by atoms with Gasteiger partial charge in [-0.05, 0) is 43.2 Å². The number of amides is 1. The van der Waals surface area contributed by atoms with Gasteiger partial charge in [0.2, 0.25) is 11.9 Å². The number of nitrogens with zero attached hydrogens (tertiary/aromatic N) is 3. The summed E-state index contributed by atoms with van der Waals surface area (Å²) in [7, 11) is 0. The molecule has 4 rings (SSSR count). The van der Waals surface area contributed by atoms with Crippen molar-refractivity contribution in [3.63, 3.8) is 0 Å². The molecule has 0 aliphatic heterocycles. The maximum atomic E-state index is 11.1. The number of carbonyl (C=O) groups excluding carboxylic acids is 1. The van der Waals surface area contributed by atoms with Crippen molar-refractivity contribution in [2.75, 3.05) is 16.0 Å². The lowest BCUT2D eigenvalue weighted by Gasteiger charge is -2.08. The molecule has 28 heavy (non-hydrogen) atoms. The molecule has 1 fully saturated rings. The lowest BCUT2D eigenvalue weighted by Crippen LogP contribution is -2.05. The van der Waals surface area contributed by atoms with Crippen LogP contribution in [0, 0.1) is 0 Å². The molecule has 0 spiro atoms. The summed E-state index contributed by atoms with van der Waals surface area (Å²) in [6.45, 7) is 1.48. The Kier molecular flexibility index (Phi) is 5.18. The minimum atomic E-state index is -0.0997. The van der Waals surface area contributed by atoms with Crippen molar-refractivity contribution in [2.24, 2.45) is 0 Å². The summed E-state index contributed by atoms with van der Waals surface area (Å²) in [6.07, 6.45) is 6.72. The zero-order chi connectivity index (χ0) is 19.3. The number of H-pyrrole nitrogens is 1. The first-order valence-corrected chi connectivity index (χ1v) is 9.46. The Bertz CT molecular complexity index is 945. The monoisotopic (exact) mass is 377 g/mol. The summed E-state index contributed by atoms with van der Waals surface area (Å²) < 4.78 is 0. The topological polar surface area (TPSA) is 108 Å². The first-order chi connectivity index (χ1) is 13.7. The van der Waals surface area contributed by atoms with Gasteiger partial charge in [-0.3, -0.25) is 9.89 Å². The van der Waals surface area contributed by atoms with Crippen molar-refractivity contribution in [3.8, 4) is 0 Å². The van der Waals surface area contributed by atoms with Crippen molar-refractivity contribution in [2.45, 2.75) is 38.5 Å². The molecule has 0 bridgehead atoms. The van der Waals surface area contributed by atoms with E-state index in [0.29, 0.717) is 17.7 Å². The summed E-state index contributed by atoms with van der Waals surface area (Å²) in [6, 6.07) is 11.2. The second-order valence-corrected chi connectivity index (χ2v) is 6.96. The number of nitrogens with one attached hydrogen (secondary N) is 4. The van der Waals surface area contributed by atoms with E-state index >= 15 is 0 Å². The fourth-order valence-electron chi connectivity index (χ4n) is 3.44. The van der Waals surface area contributed by atoms with E-state index in [1.165, 1.54) is 38.3 Å². The molecule has 4 N–H and O–H groups in total. The molecular formula is C20H23N7O. The molecule has 2 aromatic heterocycles. The molecule has 1 aromatic carbocycles. The molecule has 0 atom stereocenters. The molecule has 8 nitrogen and oxygen atoms in total. The van der Waals surface area contributed by atoms with Crippen molar-refractivity contribution in [3.05, 3.63) is 48.3 Å². The summed E-state index contributed by atoms with van der Waals surface area (Å²) >= 11 is 0. The summed E-state index contributed by atoms with van der Waals surface area (Å²) in [5.41, 5.74) is 2.76. The van der Waals surface area contributed by atoms with Crippen LogP contribution in [0.2, 0.25) is 0 Å². The quantitative estimate of drug-likeness (QED) is 0.510. The molecule has 8 heteroatoms. The van der Waals surface area contributed by atoms with Crippen molar-refractivity contribution in [1.29, 1.82) is 0 Å².